The molecule has 0 saturated carbocycles. The van der Waals surface area contributed by atoms with Crippen molar-refractivity contribution >= 4 is 45.5 Å². The number of fused-ring (bicyclic) bond motifs is 1. The maximum atomic E-state index is 15.3. The van der Waals surface area contributed by atoms with Gasteiger partial charge in [0.25, 0.3) is 0 Å². The van der Waals surface area contributed by atoms with E-state index in [0.717, 1.165) is 16.4 Å². The Morgan fingerprint density at radius 2 is 1.89 bits per heavy atom. The van der Waals surface area contributed by atoms with Crippen LogP contribution in [0.3, 0.4) is 0 Å². The molecule has 3 heterocycles. The standard InChI is InChI=1S/C24H21F2N5O4S/c1-3-8-31(36(34)35)19-6-5-18(25)21(22(19)26)23(33)17-12-29-24-16(17)9-15(11-28-24)14-4-7-20(27-10-14)30-13(2)32/h4-7,9-12H,3,8H2,1-2H3,(H,28,29)(H,34,35)(H,27,30,32)/p-1. The molecule has 0 radical (unpaired) electrons. The molecular formula is C24H20F2N5O4S-. The summed E-state index contributed by atoms with van der Waals surface area (Å²) in [7, 11) is 0. The zero-order chi connectivity index (χ0) is 26.0. The van der Waals surface area contributed by atoms with Crippen LogP contribution in [0.4, 0.5) is 20.3 Å². The highest BCUT2D eigenvalue weighted by atomic mass is 32.2. The van der Waals surface area contributed by atoms with Crippen LogP contribution in [0.5, 0.6) is 0 Å². The number of carbonyl (C=O) groups excluding carboxylic acids is 2. The molecule has 36 heavy (non-hydrogen) atoms. The number of ketones is 1. The molecule has 9 nitrogen and oxygen atoms in total. The van der Waals surface area contributed by atoms with Gasteiger partial charge in [-0.2, -0.15) is 0 Å². The van der Waals surface area contributed by atoms with E-state index < -0.39 is 39.9 Å². The number of aromatic nitrogens is 3. The Labute approximate surface area is 207 Å². The maximum Gasteiger partial charge on any atom is 0.222 e. The normalized spacial score (nSPS) is 11.9. The van der Waals surface area contributed by atoms with E-state index in [9.17, 15) is 22.7 Å². The van der Waals surface area contributed by atoms with Gasteiger partial charge in [0.15, 0.2) is 5.82 Å². The number of nitrogens with zero attached hydrogens (tertiary/aromatic N) is 3. The van der Waals surface area contributed by atoms with E-state index in [-0.39, 0.29) is 18.0 Å². The van der Waals surface area contributed by atoms with Crippen LogP contribution in [0, 0.1) is 11.6 Å². The minimum atomic E-state index is -2.82. The number of H-pyrrole nitrogens is 1. The molecule has 1 aromatic carbocycles. The predicted octanol–water partition coefficient (Wildman–Crippen LogP) is 4.10. The van der Waals surface area contributed by atoms with Crippen LogP contribution in [0.25, 0.3) is 22.2 Å². The van der Waals surface area contributed by atoms with Crippen molar-refractivity contribution < 1.29 is 27.1 Å². The van der Waals surface area contributed by atoms with Crippen molar-refractivity contribution in [3.63, 3.8) is 0 Å². The van der Waals surface area contributed by atoms with Crippen molar-refractivity contribution in [2.24, 2.45) is 0 Å². The van der Waals surface area contributed by atoms with Crippen LogP contribution in [0.2, 0.25) is 0 Å². The van der Waals surface area contributed by atoms with Gasteiger partial charge in [0.05, 0.1) is 11.3 Å². The van der Waals surface area contributed by atoms with Gasteiger partial charge in [0.1, 0.15) is 17.3 Å². The quantitative estimate of drug-likeness (QED) is 0.270. The second kappa shape index (κ2) is 10.3. The van der Waals surface area contributed by atoms with E-state index in [1.54, 1.807) is 25.1 Å². The van der Waals surface area contributed by atoms with Gasteiger partial charge in [0, 0.05) is 65.4 Å². The third kappa shape index (κ3) is 4.86. The van der Waals surface area contributed by atoms with E-state index in [1.807, 2.05) is 0 Å². The van der Waals surface area contributed by atoms with Crippen LogP contribution in [-0.2, 0) is 16.1 Å². The lowest BCUT2D eigenvalue weighted by Crippen LogP contribution is -2.28. The molecule has 0 fully saturated rings. The number of amides is 1. The SMILES string of the molecule is CCCN(c1ccc(F)c(C(=O)c2c[nH]c3ncc(-c4ccc(NC(C)=O)nc4)cc23)c1F)S(=O)[O-]. The first-order valence-electron chi connectivity index (χ1n) is 10.8. The Morgan fingerprint density at radius 3 is 2.53 bits per heavy atom. The number of hydrogen-bond acceptors (Lipinski definition) is 6. The summed E-state index contributed by atoms with van der Waals surface area (Å²) in [6.45, 7) is 3.02. The summed E-state index contributed by atoms with van der Waals surface area (Å²) >= 11 is -2.82. The fraction of sp³-hybridized carbons (Fsp3) is 0.167. The average molecular weight is 513 g/mol. The van der Waals surface area contributed by atoms with Crippen LogP contribution in [0.1, 0.15) is 36.2 Å². The van der Waals surface area contributed by atoms with Gasteiger partial charge in [-0.15, -0.1) is 0 Å². The van der Waals surface area contributed by atoms with Gasteiger partial charge in [-0.3, -0.25) is 18.1 Å². The van der Waals surface area contributed by atoms with E-state index in [4.69, 9.17) is 0 Å². The van der Waals surface area contributed by atoms with E-state index >= 15 is 4.39 Å². The van der Waals surface area contributed by atoms with Gasteiger partial charge >= 0.3 is 0 Å². The molecule has 0 spiro atoms. The molecular weight excluding hydrogens is 492 g/mol. The molecule has 12 heteroatoms. The minimum absolute atomic E-state index is 0.0394. The van der Waals surface area contributed by atoms with Gasteiger partial charge in [-0.05, 0) is 36.8 Å². The molecule has 1 atom stereocenters. The van der Waals surface area contributed by atoms with E-state index in [1.165, 1.54) is 25.5 Å². The van der Waals surface area contributed by atoms with Gasteiger partial charge < -0.3 is 14.9 Å². The lowest BCUT2D eigenvalue weighted by Gasteiger charge is -2.26. The number of anilines is 2. The molecule has 1 amide bonds. The smallest absolute Gasteiger partial charge is 0.222 e. The van der Waals surface area contributed by atoms with Crippen molar-refractivity contribution in [2.75, 3.05) is 16.2 Å². The molecule has 0 aliphatic carbocycles. The Bertz CT molecular complexity index is 1490. The second-order valence-corrected chi connectivity index (χ2v) is 8.71. The molecule has 3 aromatic heterocycles. The molecule has 0 aliphatic rings. The van der Waals surface area contributed by atoms with Crippen molar-refractivity contribution in [1.29, 1.82) is 0 Å². The molecule has 1 unspecified atom stereocenters. The van der Waals surface area contributed by atoms with Gasteiger partial charge in [-0.1, -0.05) is 6.92 Å². The third-order valence-corrected chi connectivity index (χ3v) is 6.09. The van der Waals surface area contributed by atoms with Crippen molar-refractivity contribution in [2.45, 2.75) is 20.3 Å². The van der Waals surface area contributed by atoms with Crippen LogP contribution in [-0.4, -0.2) is 41.9 Å². The number of rotatable bonds is 8. The first-order chi connectivity index (χ1) is 17.2. The lowest BCUT2D eigenvalue weighted by atomic mass is 10.00. The Balaban J connectivity index is 1.76. The number of hydrogen-bond donors (Lipinski definition) is 2. The molecule has 2 N–H and O–H groups in total. The summed E-state index contributed by atoms with van der Waals surface area (Å²) in [6.07, 6.45) is 4.72. The fourth-order valence-electron chi connectivity index (χ4n) is 3.72. The number of nitrogens with one attached hydrogen (secondary N) is 2. The Hall–Kier alpha value is -4.03. The number of carbonyl (C=O) groups is 2. The summed E-state index contributed by atoms with van der Waals surface area (Å²) in [4.78, 5) is 35.8. The van der Waals surface area contributed by atoms with Crippen LogP contribution in [0.15, 0.2) is 48.9 Å². The molecule has 0 bridgehead atoms. The van der Waals surface area contributed by atoms with Crippen LogP contribution < -0.4 is 9.62 Å². The number of pyridine rings is 2. The summed E-state index contributed by atoms with van der Waals surface area (Å²) in [5.41, 5.74) is 0.192. The largest absolute Gasteiger partial charge is 0.755 e. The molecule has 186 valence electrons. The first kappa shape index (κ1) is 25.1. The van der Waals surface area contributed by atoms with E-state index in [0.29, 0.717) is 34.4 Å². The topological polar surface area (TPSA) is 131 Å². The zero-order valence-electron chi connectivity index (χ0n) is 19.2. The first-order valence-corrected chi connectivity index (χ1v) is 11.8. The fourth-order valence-corrected chi connectivity index (χ4v) is 4.36. The summed E-state index contributed by atoms with van der Waals surface area (Å²) in [5.74, 6) is -3.26. The molecule has 4 aromatic rings. The lowest BCUT2D eigenvalue weighted by molar-refractivity contribution is -0.114. The Kier molecular flexibility index (Phi) is 7.17. The van der Waals surface area contributed by atoms with E-state index in [2.05, 4.69) is 20.3 Å². The predicted molar refractivity (Wildman–Crippen MR) is 130 cm³/mol. The highest BCUT2D eigenvalue weighted by molar-refractivity contribution is 7.80. The second-order valence-electron chi connectivity index (χ2n) is 7.84. The maximum absolute atomic E-state index is 15.3. The number of aromatic amines is 1. The highest BCUT2D eigenvalue weighted by Crippen LogP contribution is 2.31. The monoisotopic (exact) mass is 512 g/mol. The summed E-state index contributed by atoms with van der Waals surface area (Å²) in [6, 6.07) is 6.77. The minimum Gasteiger partial charge on any atom is -0.755 e. The molecule has 0 saturated heterocycles. The molecule has 4 rings (SSSR count). The zero-order valence-corrected chi connectivity index (χ0v) is 20.0. The number of benzene rings is 1. The molecule has 0 aliphatic heterocycles. The highest BCUT2D eigenvalue weighted by Gasteiger charge is 2.26. The Morgan fingerprint density at radius 1 is 1.14 bits per heavy atom. The van der Waals surface area contributed by atoms with Crippen molar-refractivity contribution in [3.8, 4) is 11.1 Å². The summed E-state index contributed by atoms with van der Waals surface area (Å²) in [5, 5.41) is 2.87. The van der Waals surface area contributed by atoms with Crippen molar-refractivity contribution in [1.82, 2.24) is 15.0 Å². The summed E-state index contributed by atoms with van der Waals surface area (Å²) < 4.78 is 54.0. The van der Waals surface area contributed by atoms with Gasteiger partial charge in [-0.25, -0.2) is 18.7 Å². The van der Waals surface area contributed by atoms with Crippen LogP contribution >= 0.6 is 0 Å². The average Bonchev–Trinajstić information content (AvgIpc) is 3.26. The third-order valence-electron chi connectivity index (χ3n) is 5.35. The van der Waals surface area contributed by atoms with Gasteiger partial charge in [0.2, 0.25) is 11.7 Å². The van der Waals surface area contributed by atoms with Crippen molar-refractivity contribution in [3.05, 3.63) is 71.7 Å². The number of halogens is 2.